The number of rotatable bonds is 0. The van der Waals surface area contributed by atoms with Crippen molar-refractivity contribution in [3.63, 3.8) is 0 Å². The van der Waals surface area contributed by atoms with Crippen LogP contribution in [0.5, 0.6) is 11.5 Å². The average molecular weight is 399 g/mol. The third-order valence-electron chi connectivity index (χ3n) is 1.51. The van der Waals surface area contributed by atoms with Crippen LogP contribution in [0.4, 0.5) is 0 Å². The number of hydrogen-bond acceptors (Lipinski definition) is 2. The van der Waals surface area contributed by atoms with Gasteiger partial charge in [0.1, 0.15) is 11.5 Å². The standard InChI is InChI=1S/2C6H6O.2C2H6.2CH4.2CH3.Y/c2*7-6-4-2-1-3-5-6;2*1-2;;;;;/h2*1-5,7H;2*1-2H3;2*1H4;2*1H3;/q;;;;;;2*-1;. The smallest absolute Gasteiger partial charge is 0.115 e. The Kier molecular flexibility index (Phi) is 70.2. The van der Waals surface area contributed by atoms with E-state index in [0.29, 0.717) is 11.5 Å². The molecule has 0 atom stereocenters. The molecule has 0 saturated carbocycles. The Balaban J connectivity index is -0.0000000310. The van der Waals surface area contributed by atoms with Crippen LogP contribution >= 0.6 is 0 Å². The molecule has 2 aromatic rings. The summed E-state index contributed by atoms with van der Waals surface area (Å²) in [5, 5.41) is 17.3. The summed E-state index contributed by atoms with van der Waals surface area (Å²) in [5.74, 6) is 0.644. The first-order chi connectivity index (χ1) is 8.79. The number of aromatic hydroxyl groups is 2. The molecule has 135 valence electrons. The van der Waals surface area contributed by atoms with Crippen molar-refractivity contribution < 1.29 is 42.9 Å². The Morgan fingerprint density at radius 1 is 0.522 bits per heavy atom. The Labute approximate surface area is 171 Å². The van der Waals surface area contributed by atoms with Gasteiger partial charge in [-0.05, 0) is 24.3 Å². The third kappa shape index (κ3) is 33.8. The molecular weight excluding hydrogens is 361 g/mol. The van der Waals surface area contributed by atoms with Crippen LogP contribution in [0.15, 0.2) is 60.7 Å². The molecular formula is C20H38O2Y-2. The van der Waals surface area contributed by atoms with Crippen molar-refractivity contribution >= 4 is 0 Å². The summed E-state index contributed by atoms with van der Waals surface area (Å²) in [4.78, 5) is 0. The maximum atomic E-state index is 8.63. The van der Waals surface area contributed by atoms with E-state index in [9.17, 15) is 0 Å². The molecule has 0 aromatic heterocycles. The van der Waals surface area contributed by atoms with Gasteiger partial charge in [-0.25, -0.2) is 0 Å². The fourth-order valence-electron chi connectivity index (χ4n) is 0.856. The molecule has 0 aliphatic heterocycles. The van der Waals surface area contributed by atoms with E-state index in [-0.39, 0.29) is 62.4 Å². The van der Waals surface area contributed by atoms with Crippen LogP contribution in [0.3, 0.4) is 0 Å². The Bertz CT molecular complexity index is 313. The van der Waals surface area contributed by atoms with Crippen LogP contribution in [0.2, 0.25) is 0 Å². The van der Waals surface area contributed by atoms with Crippen molar-refractivity contribution in [2.45, 2.75) is 42.5 Å². The number of benzene rings is 2. The van der Waals surface area contributed by atoms with Crippen LogP contribution in [-0.2, 0) is 32.7 Å². The SMILES string of the molecule is C.C.CC.CC.Oc1ccccc1.Oc1ccccc1.[CH3-].[CH3-].[Y]. The molecule has 0 saturated heterocycles. The van der Waals surface area contributed by atoms with E-state index < -0.39 is 0 Å². The van der Waals surface area contributed by atoms with E-state index in [1.54, 1.807) is 48.5 Å². The fraction of sp³-hybridized carbons (Fsp3) is 0.300. The molecule has 0 aliphatic carbocycles. The Hall–Kier alpha value is -0.856. The average Bonchev–Trinajstić information content (AvgIpc) is 2.46. The molecule has 2 aromatic carbocycles. The zero-order valence-corrected chi connectivity index (χ0v) is 17.1. The summed E-state index contributed by atoms with van der Waals surface area (Å²) in [6.07, 6.45) is 0. The second kappa shape index (κ2) is 37.4. The molecule has 0 aliphatic rings. The molecule has 0 bridgehead atoms. The molecule has 0 heterocycles. The van der Waals surface area contributed by atoms with Crippen LogP contribution in [0.1, 0.15) is 42.5 Å². The van der Waals surface area contributed by atoms with Gasteiger partial charge in [0.05, 0.1) is 0 Å². The predicted molar refractivity (Wildman–Crippen MR) is 105 cm³/mol. The number of phenols is 2. The largest absolute Gasteiger partial charge is 0.508 e. The monoisotopic (exact) mass is 399 g/mol. The summed E-state index contributed by atoms with van der Waals surface area (Å²) in [5.41, 5.74) is 0. The summed E-state index contributed by atoms with van der Waals surface area (Å²) < 4.78 is 0. The van der Waals surface area contributed by atoms with Gasteiger partial charge in [0.15, 0.2) is 0 Å². The molecule has 2 N–H and O–H groups in total. The maximum Gasteiger partial charge on any atom is 0.115 e. The molecule has 2 rings (SSSR count). The van der Waals surface area contributed by atoms with Crippen LogP contribution in [-0.4, -0.2) is 10.2 Å². The molecule has 23 heavy (non-hydrogen) atoms. The molecule has 2 nitrogen and oxygen atoms in total. The molecule has 0 fully saturated rings. The van der Waals surface area contributed by atoms with Gasteiger partial charge in [-0.15, -0.1) is 0 Å². The second-order valence-electron chi connectivity index (χ2n) is 2.67. The van der Waals surface area contributed by atoms with Crippen molar-refractivity contribution in [2.75, 3.05) is 0 Å². The van der Waals surface area contributed by atoms with Gasteiger partial charge < -0.3 is 25.1 Å². The van der Waals surface area contributed by atoms with E-state index in [1.165, 1.54) is 0 Å². The van der Waals surface area contributed by atoms with Gasteiger partial charge in [0.25, 0.3) is 0 Å². The van der Waals surface area contributed by atoms with Crippen molar-refractivity contribution in [2.24, 2.45) is 0 Å². The van der Waals surface area contributed by atoms with Crippen LogP contribution < -0.4 is 0 Å². The van der Waals surface area contributed by atoms with E-state index >= 15 is 0 Å². The van der Waals surface area contributed by atoms with Crippen molar-refractivity contribution in [3.8, 4) is 11.5 Å². The van der Waals surface area contributed by atoms with E-state index in [4.69, 9.17) is 10.2 Å². The van der Waals surface area contributed by atoms with Gasteiger partial charge in [-0.2, -0.15) is 0 Å². The zero-order valence-electron chi connectivity index (χ0n) is 14.2. The maximum absolute atomic E-state index is 8.63. The molecule has 0 spiro atoms. The van der Waals surface area contributed by atoms with Gasteiger partial charge in [0, 0.05) is 32.7 Å². The fourth-order valence-corrected chi connectivity index (χ4v) is 0.856. The summed E-state index contributed by atoms with van der Waals surface area (Å²) in [6, 6.07) is 17.4. The number of phenolic OH excluding ortho intramolecular Hbond substituents is 2. The molecule has 0 unspecified atom stereocenters. The first-order valence-corrected chi connectivity index (χ1v) is 6.27. The van der Waals surface area contributed by atoms with Crippen molar-refractivity contribution in [1.29, 1.82) is 0 Å². The van der Waals surface area contributed by atoms with Crippen LogP contribution in [0, 0.1) is 14.9 Å². The minimum Gasteiger partial charge on any atom is -0.508 e. The van der Waals surface area contributed by atoms with E-state index in [2.05, 4.69) is 0 Å². The summed E-state index contributed by atoms with van der Waals surface area (Å²) in [7, 11) is 0. The molecule has 0 amide bonds. The summed E-state index contributed by atoms with van der Waals surface area (Å²) >= 11 is 0. The van der Waals surface area contributed by atoms with Crippen molar-refractivity contribution in [1.82, 2.24) is 0 Å². The van der Waals surface area contributed by atoms with E-state index in [1.807, 2.05) is 39.8 Å². The van der Waals surface area contributed by atoms with E-state index in [0.717, 1.165) is 0 Å². The first kappa shape index (κ1) is 43.2. The van der Waals surface area contributed by atoms with Gasteiger partial charge in [0.2, 0.25) is 0 Å². The topological polar surface area (TPSA) is 40.5 Å². The van der Waals surface area contributed by atoms with Gasteiger partial charge in [-0.1, -0.05) is 78.9 Å². The van der Waals surface area contributed by atoms with Crippen molar-refractivity contribution in [3.05, 3.63) is 75.5 Å². The second-order valence-corrected chi connectivity index (χ2v) is 2.67. The van der Waals surface area contributed by atoms with Gasteiger partial charge in [-0.3, -0.25) is 0 Å². The number of hydrogen-bond donors (Lipinski definition) is 2. The third-order valence-corrected chi connectivity index (χ3v) is 1.51. The molecule has 1 radical (unpaired) electrons. The number of para-hydroxylation sites is 2. The minimum absolute atomic E-state index is 0. The van der Waals surface area contributed by atoms with Crippen LogP contribution in [0.25, 0.3) is 0 Å². The predicted octanol–water partition coefficient (Wildman–Crippen LogP) is 7.01. The quantitative estimate of drug-likeness (QED) is 0.468. The molecule has 3 heteroatoms. The summed E-state index contributed by atoms with van der Waals surface area (Å²) in [6.45, 7) is 8.00. The zero-order chi connectivity index (χ0) is 14.2. The normalized spacial score (nSPS) is 5.74. The minimum atomic E-state index is 0. The first-order valence-electron chi connectivity index (χ1n) is 6.27. The Morgan fingerprint density at radius 3 is 0.783 bits per heavy atom. The Morgan fingerprint density at radius 2 is 0.696 bits per heavy atom. The van der Waals surface area contributed by atoms with Gasteiger partial charge >= 0.3 is 0 Å².